The normalized spacial score (nSPS) is 10.4. The Morgan fingerprint density at radius 3 is 2.32 bits per heavy atom. The van der Waals surface area contributed by atoms with Crippen LogP contribution in [-0.4, -0.2) is 30.6 Å². The van der Waals surface area contributed by atoms with Crippen LogP contribution in [0.15, 0.2) is 48.5 Å². The van der Waals surface area contributed by atoms with Crippen molar-refractivity contribution >= 4 is 32.4 Å². The minimum absolute atomic E-state index is 0. The van der Waals surface area contributed by atoms with Crippen molar-refractivity contribution in [3.05, 3.63) is 58.6 Å². The van der Waals surface area contributed by atoms with E-state index in [4.69, 9.17) is 4.74 Å². The van der Waals surface area contributed by atoms with Crippen LogP contribution in [0.4, 0.5) is 11.4 Å². The number of benzene rings is 2. The molecule has 0 aliphatic rings. The van der Waals surface area contributed by atoms with Gasteiger partial charge in [-0.3, -0.25) is 14.8 Å². The fourth-order valence-corrected chi connectivity index (χ4v) is 2.18. The molecular weight excluding hydrogens is 324 g/mol. The number of ether oxygens (including phenoxy) is 1. The van der Waals surface area contributed by atoms with Crippen molar-refractivity contribution in [1.82, 2.24) is 0 Å². The maximum atomic E-state index is 11.3. The quantitative estimate of drug-likeness (QED) is 0.503. The summed E-state index contributed by atoms with van der Waals surface area (Å²) in [5.41, 5.74) is -0.0630. The third kappa shape index (κ3) is 4.86. The molecule has 0 aromatic heterocycles. The summed E-state index contributed by atoms with van der Waals surface area (Å²) < 4.78 is 30.4. The Balaban J connectivity index is 0.00000242. The average Bonchev–Trinajstić information content (AvgIpc) is 2.40. The number of anilines is 1. The number of nitro groups is 1. The molecule has 0 unspecified atom stereocenters. The summed E-state index contributed by atoms with van der Waals surface area (Å²) in [6, 6.07) is 12.2. The lowest BCUT2D eigenvalue weighted by atomic mass is 10.2. The first kappa shape index (κ1) is 17.7. The summed E-state index contributed by atoms with van der Waals surface area (Å²) in [5, 5.41) is 10.8. The van der Waals surface area contributed by atoms with E-state index < -0.39 is 14.9 Å². The average molecular weight is 340 g/mol. The van der Waals surface area contributed by atoms with E-state index in [1.807, 2.05) is 0 Å². The minimum atomic E-state index is -3.52. The fraction of sp³-hybridized carbons (Fsp3) is 0.0769. The molecule has 2 aromatic carbocycles. The Morgan fingerprint density at radius 1 is 1.14 bits per heavy atom. The Bertz CT molecular complexity index is 765. The molecule has 0 saturated carbocycles. The van der Waals surface area contributed by atoms with Gasteiger partial charge in [0, 0.05) is 6.07 Å². The van der Waals surface area contributed by atoms with E-state index in [9.17, 15) is 18.5 Å². The number of para-hydroxylation sites is 1. The van der Waals surface area contributed by atoms with Crippen molar-refractivity contribution in [2.24, 2.45) is 0 Å². The number of hydrogen-bond donors (Lipinski definition) is 1. The van der Waals surface area contributed by atoms with Crippen molar-refractivity contribution < 1.29 is 18.1 Å². The molecule has 1 N–H and O–H groups in total. The van der Waals surface area contributed by atoms with Crippen molar-refractivity contribution in [3.63, 3.8) is 0 Å². The van der Waals surface area contributed by atoms with Gasteiger partial charge in [0.2, 0.25) is 10.0 Å². The molecule has 118 valence electrons. The summed E-state index contributed by atoms with van der Waals surface area (Å²) in [5.74, 6) is 0.496. The standard InChI is InChI=1S/C13H12N2O5S.H4Si/c1-21(18,19)14-12-8-7-10(15(16)17)9-13(12)20-11-5-3-2-4-6-11;/h2-9,14H,1H3;1H4. The monoisotopic (exact) mass is 340 g/mol. The van der Waals surface area contributed by atoms with Crippen LogP contribution in [0.25, 0.3) is 0 Å². The van der Waals surface area contributed by atoms with Crippen LogP contribution in [-0.2, 0) is 10.0 Å². The number of rotatable bonds is 5. The summed E-state index contributed by atoms with van der Waals surface area (Å²) in [7, 11) is -3.52. The van der Waals surface area contributed by atoms with Gasteiger partial charge in [0.15, 0.2) is 5.75 Å². The van der Waals surface area contributed by atoms with E-state index >= 15 is 0 Å². The molecular formula is C13H16N2O5SSi. The molecule has 0 heterocycles. The second-order valence-electron chi connectivity index (χ2n) is 4.23. The van der Waals surface area contributed by atoms with Crippen molar-refractivity contribution in [2.45, 2.75) is 0 Å². The van der Waals surface area contributed by atoms with E-state index in [1.165, 1.54) is 18.2 Å². The van der Waals surface area contributed by atoms with Crippen LogP contribution in [0.3, 0.4) is 0 Å². The number of sulfonamides is 1. The maximum Gasteiger partial charge on any atom is 0.273 e. The SMILES string of the molecule is CS(=O)(=O)Nc1ccc([N+](=O)[O-])cc1Oc1ccccc1.[SiH4]. The molecule has 0 fully saturated rings. The van der Waals surface area contributed by atoms with Gasteiger partial charge in [-0.2, -0.15) is 0 Å². The summed E-state index contributed by atoms with van der Waals surface area (Å²) >= 11 is 0. The summed E-state index contributed by atoms with van der Waals surface area (Å²) in [6.45, 7) is 0. The van der Waals surface area contributed by atoms with Crippen molar-refractivity contribution in [1.29, 1.82) is 0 Å². The van der Waals surface area contributed by atoms with Gasteiger partial charge in [0.25, 0.3) is 5.69 Å². The second-order valence-corrected chi connectivity index (χ2v) is 5.98. The fourth-order valence-electron chi connectivity index (χ4n) is 1.61. The lowest BCUT2D eigenvalue weighted by Gasteiger charge is -2.11. The Labute approximate surface area is 132 Å². The number of hydrogen-bond acceptors (Lipinski definition) is 5. The highest BCUT2D eigenvalue weighted by Crippen LogP contribution is 2.33. The van der Waals surface area contributed by atoms with Gasteiger partial charge >= 0.3 is 0 Å². The smallest absolute Gasteiger partial charge is 0.273 e. The largest absolute Gasteiger partial charge is 0.455 e. The lowest BCUT2D eigenvalue weighted by molar-refractivity contribution is -0.384. The van der Waals surface area contributed by atoms with Crippen LogP contribution in [0, 0.1) is 10.1 Å². The molecule has 22 heavy (non-hydrogen) atoms. The van der Waals surface area contributed by atoms with Gasteiger partial charge in [0.05, 0.1) is 22.9 Å². The highest BCUT2D eigenvalue weighted by Gasteiger charge is 2.15. The molecule has 0 aliphatic carbocycles. The first-order valence-corrected chi connectivity index (χ1v) is 7.73. The van der Waals surface area contributed by atoms with Gasteiger partial charge in [0.1, 0.15) is 5.75 Å². The molecule has 0 aliphatic heterocycles. The van der Waals surface area contributed by atoms with Crippen LogP contribution in [0.2, 0.25) is 0 Å². The van der Waals surface area contributed by atoms with E-state index in [0.717, 1.165) is 6.26 Å². The number of nitrogens with one attached hydrogen (secondary N) is 1. The Hall–Kier alpha value is -2.39. The molecule has 0 atom stereocenters. The van der Waals surface area contributed by atoms with Gasteiger partial charge < -0.3 is 4.74 Å². The predicted octanol–water partition coefficient (Wildman–Crippen LogP) is 1.31. The van der Waals surface area contributed by atoms with Crippen LogP contribution >= 0.6 is 0 Å². The predicted molar refractivity (Wildman–Crippen MR) is 89.4 cm³/mol. The van der Waals surface area contributed by atoms with Gasteiger partial charge in [-0.1, -0.05) is 18.2 Å². The van der Waals surface area contributed by atoms with E-state index in [1.54, 1.807) is 30.3 Å². The summed E-state index contributed by atoms with van der Waals surface area (Å²) in [6.07, 6.45) is 0.987. The maximum absolute atomic E-state index is 11.3. The second kappa shape index (κ2) is 7.05. The van der Waals surface area contributed by atoms with Crippen LogP contribution in [0.1, 0.15) is 0 Å². The molecule has 0 saturated heterocycles. The van der Waals surface area contributed by atoms with Crippen molar-refractivity contribution in [3.8, 4) is 11.5 Å². The first-order chi connectivity index (χ1) is 9.85. The molecule has 0 bridgehead atoms. The first-order valence-electron chi connectivity index (χ1n) is 5.84. The van der Waals surface area contributed by atoms with Gasteiger partial charge in [-0.25, -0.2) is 8.42 Å². The van der Waals surface area contributed by atoms with Crippen LogP contribution in [0.5, 0.6) is 11.5 Å². The Kier molecular flexibility index (Phi) is 5.66. The number of non-ortho nitro benzene ring substituents is 1. The highest BCUT2D eigenvalue weighted by molar-refractivity contribution is 7.92. The lowest BCUT2D eigenvalue weighted by Crippen LogP contribution is -2.10. The third-order valence-corrected chi connectivity index (χ3v) is 3.03. The van der Waals surface area contributed by atoms with Crippen molar-refractivity contribution in [2.75, 3.05) is 11.0 Å². The molecule has 7 nitrogen and oxygen atoms in total. The molecule has 0 amide bonds. The summed E-state index contributed by atoms with van der Waals surface area (Å²) in [4.78, 5) is 10.2. The highest BCUT2D eigenvalue weighted by atomic mass is 32.2. The minimum Gasteiger partial charge on any atom is -0.455 e. The number of nitrogens with zero attached hydrogens (tertiary/aromatic N) is 1. The Morgan fingerprint density at radius 2 is 1.77 bits per heavy atom. The third-order valence-electron chi connectivity index (χ3n) is 2.44. The topological polar surface area (TPSA) is 98.5 Å². The zero-order chi connectivity index (χ0) is 15.5. The van der Waals surface area contributed by atoms with Crippen LogP contribution < -0.4 is 9.46 Å². The zero-order valence-electron chi connectivity index (χ0n) is 11.0. The van der Waals surface area contributed by atoms with E-state index in [0.29, 0.717) is 5.75 Å². The number of nitro benzene ring substituents is 1. The zero-order valence-corrected chi connectivity index (χ0v) is 11.8. The molecule has 2 rings (SSSR count). The molecule has 0 radical (unpaired) electrons. The molecule has 0 spiro atoms. The van der Waals surface area contributed by atoms with E-state index in [-0.39, 0.29) is 28.1 Å². The molecule has 9 heteroatoms. The molecule has 2 aromatic rings. The van der Waals surface area contributed by atoms with E-state index in [2.05, 4.69) is 4.72 Å². The van der Waals surface area contributed by atoms with Gasteiger partial charge in [-0.05, 0) is 29.2 Å². The van der Waals surface area contributed by atoms with Gasteiger partial charge in [-0.15, -0.1) is 0 Å².